The van der Waals surface area contributed by atoms with E-state index in [9.17, 15) is 4.79 Å². The third-order valence-corrected chi connectivity index (χ3v) is 4.07. The van der Waals surface area contributed by atoms with Crippen LogP contribution in [0.3, 0.4) is 0 Å². The number of hydrogen-bond donors (Lipinski definition) is 0. The molecule has 0 aliphatic carbocycles. The first kappa shape index (κ1) is 16.2. The minimum Gasteiger partial charge on any atom is -0.466 e. The Bertz CT molecular complexity index is 413. The second-order valence-corrected chi connectivity index (χ2v) is 5.91. The summed E-state index contributed by atoms with van der Waals surface area (Å²) >= 11 is 6.89. The molecule has 0 amide bonds. The molecule has 1 rings (SSSR count). The fourth-order valence-corrected chi connectivity index (χ4v) is 2.78. The van der Waals surface area contributed by atoms with Crippen molar-refractivity contribution in [2.24, 2.45) is 0 Å². The van der Waals surface area contributed by atoms with E-state index >= 15 is 0 Å². The van der Waals surface area contributed by atoms with Crippen molar-refractivity contribution in [3.63, 3.8) is 0 Å². The Hall–Kier alpha value is -0.870. The van der Waals surface area contributed by atoms with Gasteiger partial charge in [0.05, 0.1) is 17.2 Å². The summed E-state index contributed by atoms with van der Waals surface area (Å²) < 4.78 is 5.72. The maximum atomic E-state index is 11.2. The molecule has 104 valence electrons. The molecule has 0 heterocycles. The van der Waals surface area contributed by atoms with E-state index in [-0.39, 0.29) is 5.97 Å². The van der Waals surface area contributed by atoms with Gasteiger partial charge in [-0.1, -0.05) is 49.8 Å². The predicted molar refractivity (Wildman–Crippen MR) is 85.8 cm³/mol. The number of ether oxygens (including phenoxy) is 1. The molecule has 0 aliphatic heterocycles. The van der Waals surface area contributed by atoms with Crippen LogP contribution in [0.5, 0.6) is 0 Å². The van der Waals surface area contributed by atoms with Crippen LogP contribution in [0.15, 0.2) is 24.3 Å². The Morgan fingerprint density at radius 3 is 2.53 bits per heavy atom. The van der Waals surface area contributed by atoms with E-state index in [0.29, 0.717) is 18.8 Å². The Balaban J connectivity index is 2.38. The van der Waals surface area contributed by atoms with Gasteiger partial charge in [-0.3, -0.25) is 4.79 Å². The first-order chi connectivity index (χ1) is 9.17. The van der Waals surface area contributed by atoms with Gasteiger partial charge in [0.25, 0.3) is 0 Å². The van der Waals surface area contributed by atoms with Crippen LogP contribution in [0, 0.1) is 0 Å². The maximum absolute atomic E-state index is 11.2. The van der Waals surface area contributed by atoms with Crippen molar-refractivity contribution >= 4 is 34.1 Å². The molecule has 1 aromatic carbocycles. The van der Waals surface area contributed by atoms with E-state index in [1.165, 1.54) is 17.3 Å². The molecule has 1 aromatic rings. The standard InChI is InChI=1S/C15H20O2S2/c1-3-5-12-6-8-13(9-7-12)15(18)19-11-10-14(16)17-4-2/h6-9H,3-5,10-11H2,1-2H3. The first-order valence-corrected chi connectivity index (χ1v) is 7.98. The van der Waals surface area contributed by atoms with Crippen molar-refractivity contribution < 1.29 is 9.53 Å². The molecule has 0 spiro atoms. The second-order valence-electron chi connectivity index (χ2n) is 4.14. The molecular weight excluding hydrogens is 276 g/mol. The SMILES string of the molecule is CCCc1ccc(C(=S)SCCC(=O)OCC)cc1. The van der Waals surface area contributed by atoms with E-state index in [4.69, 9.17) is 17.0 Å². The lowest BCUT2D eigenvalue weighted by molar-refractivity contribution is -0.142. The van der Waals surface area contributed by atoms with Gasteiger partial charge in [0.15, 0.2) is 0 Å². The average molecular weight is 296 g/mol. The number of carbonyl (C=O) groups is 1. The van der Waals surface area contributed by atoms with Crippen LogP contribution in [0.25, 0.3) is 0 Å². The highest BCUT2D eigenvalue weighted by Gasteiger charge is 2.05. The van der Waals surface area contributed by atoms with Crippen LogP contribution in [0.2, 0.25) is 0 Å². The monoisotopic (exact) mass is 296 g/mol. The van der Waals surface area contributed by atoms with E-state index in [0.717, 1.165) is 22.6 Å². The molecule has 0 saturated heterocycles. The maximum Gasteiger partial charge on any atom is 0.306 e. The van der Waals surface area contributed by atoms with Crippen molar-refractivity contribution in [3.05, 3.63) is 35.4 Å². The van der Waals surface area contributed by atoms with Crippen LogP contribution in [-0.2, 0) is 16.0 Å². The van der Waals surface area contributed by atoms with Gasteiger partial charge in [-0.15, -0.1) is 11.8 Å². The van der Waals surface area contributed by atoms with Gasteiger partial charge in [0, 0.05) is 5.75 Å². The van der Waals surface area contributed by atoms with E-state index < -0.39 is 0 Å². The van der Waals surface area contributed by atoms with Crippen molar-refractivity contribution in [1.29, 1.82) is 0 Å². The van der Waals surface area contributed by atoms with Crippen molar-refractivity contribution in [2.45, 2.75) is 33.1 Å². The zero-order chi connectivity index (χ0) is 14.1. The minimum absolute atomic E-state index is 0.156. The minimum atomic E-state index is -0.156. The van der Waals surface area contributed by atoms with Crippen LogP contribution in [0.4, 0.5) is 0 Å². The first-order valence-electron chi connectivity index (χ1n) is 6.59. The van der Waals surface area contributed by atoms with Crippen molar-refractivity contribution in [1.82, 2.24) is 0 Å². The predicted octanol–water partition coefficient (Wildman–Crippen LogP) is 4.00. The third kappa shape index (κ3) is 6.21. The van der Waals surface area contributed by atoms with Crippen molar-refractivity contribution in [3.8, 4) is 0 Å². The molecule has 4 heteroatoms. The molecule has 0 radical (unpaired) electrons. The normalized spacial score (nSPS) is 10.2. The number of thioether (sulfide) groups is 1. The summed E-state index contributed by atoms with van der Waals surface area (Å²) in [6.45, 7) is 4.42. The molecule has 0 fully saturated rings. The Labute approximate surface area is 124 Å². The van der Waals surface area contributed by atoms with Gasteiger partial charge < -0.3 is 4.74 Å². The lowest BCUT2D eigenvalue weighted by atomic mass is 10.1. The fourth-order valence-electron chi connectivity index (χ4n) is 1.64. The smallest absolute Gasteiger partial charge is 0.306 e. The zero-order valence-electron chi connectivity index (χ0n) is 11.5. The van der Waals surface area contributed by atoms with Gasteiger partial charge >= 0.3 is 5.97 Å². The van der Waals surface area contributed by atoms with E-state index in [1.54, 1.807) is 0 Å². The van der Waals surface area contributed by atoms with Gasteiger partial charge in [-0.05, 0) is 24.5 Å². The Morgan fingerprint density at radius 1 is 1.26 bits per heavy atom. The summed E-state index contributed by atoms with van der Waals surface area (Å²) in [6.07, 6.45) is 2.66. The Kier molecular flexibility index (Phi) is 7.75. The lowest BCUT2D eigenvalue weighted by Crippen LogP contribution is -2.05. The number of esters is 1. The molecule has 0 aromatic heterocycles. The molecule has 2 nitrogen and oxygen atoms in total. The van der Waals surface area contributed by atoms with Gasteiger partial charge in [0.1, 0.15) is 0 Å². The average Bonchev–Trinajstić information content (AvgIpc) is 2.40. The largest absolute Gasteiger partial charge is 0.466 e. The number of carbonyl (C=O) groups excluding carboxylic acids is 1. The highest BCUT2D eigenvalue weighted by Crippen LogP contribution is 2.16. The number of benzene rings is 1. The highest BCUT2D eigenvalue weighted by atomic mass is 32.2. The van der Waals surface area contributed by atoms with E-state index in [1.807, 2.05) is 6.92 Å². The molecule has 0 bridgehead atoms. The quantitative estimate of drug-likeness (QED) is 0.561. The third-order valence-electron chi connectivity index (χ3n) is 2.57. The van der Waals surface area contributed by atoms with Gasteiger partial charge in [0.2, 0.25) is 0 Å². The summed E-state index contributed by atoms with van der Waals surface area (Å²) in [7, 11) is 0. The van der Waals surface area contributed by atoms with Crippen LogP contribution >= 0.6 is 24.0 Å². The summed E-state index contributed by atoms with van der Waals surface area (Å²) in [4.78, 5) is 11.2. The molecule has 0 aliphatic rings. The number of aryl methyl sites for hydroxylation is 1. The summed E-state index contributed by atoms with van der Waals surface area (Å²) in [5.41, 5.74) is 2.40. The van der Waals surface area contributed by atoms with Gasteiger partial charge in [-0.2, -0.15) is 0 Å². The fraction of sp³-hybridized carbons (Fsp3) is 0.467. The molecular formula is C15H20O2S2. The van der Waals surface area contributed by atoms with Crippen molar-refractivity contribution in [2.75, 3.05) is 12.4 Å². The van der Waals surface area contributed by atoms with E-state index in [2.05, 4.69) is 31.2 Å². The molecule has 0 saturated carbocycles. The number of hydrogen-bond acceptors (Lipinski definition) is 4. The molecule has 0 unspecified atom stereocenters. The zero-order valence-corrected chi connectivity index (χ0v) is 13.1. The lowest BCUT2D eigenvalue weighted by Gasteiger charge is -2.05. The van der Waals surface area contributed by atoms with Crippen LogP contribution < -0.4 is 0 Å². The Morgan fingerprint density at radius 2 is 1.95 bits per heavy atom. The number of rotatable bonds is 7. The van der Waals surface area contributed by atoms with Crippen LogP contribution in [-0.4, -0.2) is 22.5 Å². The summed E-state index contributed by atoms with van der Waals surface area (Å²) in [6, 6.07) is 8.36. The molecule has 0 atom stereocenters. The van der Waals surface area contributed by atoms with Crippen LogP contribution in [0.1, 0.15) is 37.8 Å². The van der Waals surface area contributed by atoms with Gasteiger partial charge in [-0.25, -0.2) is 0 Å². The number of thiocarbonyl (C=S) groups is 1. The summed E-state index contributed by atoms with van der Waals surface area (Å²) in [5, 5.41) is 0. The topological polar surface area (TPSA) is 26.3 Å². The molecule has 0 N–H and O–H groups in total. The molecule has 19 heavy (non-hydrogen) atoms. The summed E-state index contributed by atoms with van der Waals surface area (Å²) in [5.74, 6) is 0.519. The second kappa shape index (κ2) is 9.10. The highest BCUT2D eigenvalue weighted by molar-refractivity contribution is 8.23.